The Labute approximate surface area is 229 Å². The van der Waals surface area contributed by atoms with E-state index in [1.54, 1.807) is 9.42 Å². The molecule has 0 spiro atoms. The number of carbonyl (C=O) groups is 1. The van der Waals surface area contributed by atoms with Crippen molar-refractivity contribution in [3.63, 3.8) is 0 Å². The molecule has 1 saturated carbocycles. The van der Waals surface area contributed by atoms with Gasteiger partial charge in [-0.05, 0) is 93.8 Å². The van der Waals surface area contributed by atoms with Gasteiger partial charge in [-0.15, -0.1) is 5.10 Å². The molecule has 0 radical (unpaired) electrons. The smallest absolute Gasteiger partial charge is 0.410 e. The van der Waals surface area contributed by atoms with Crippen LogP contribution in [0.15, 0.2) is 60.8 Å². The van der Waals surface area contributed by atoms with Gasteiger partial charge in [0.25, 0.3) is 0 Å². The SMILES string of the molecule is CC(C)(C)OC(=O)N1CCc2ccc(Nc3nc4c(-c5ccccc5OCC5CC5)cccn4n3)cc2CC1. The average molecular weight is 526 g/mol. The molecule has 8 heteroatoms. The topological polar surface area (TPSA) is 81.0 Å². The minimum absolute atomic E-state index is 0.252. The number of para-hydroxylation sites is 1. The molecule has 1 N–H and O–H groups in total. The lowest BCUT2D eigenvalue weighted by Crippen LogP contribution is -2.38. The van der Waals surface area contributed by atoms with E-state index >= 15 is 0 Å². The van der Waals surface area contributed by atoms with Gasteiger partial charge < -0.3 is 19.7 Å². The van der Waals surface area contributed by atoms with Crippen molar-refractivity contribution in [3.8, 4) is 16.9 Å². The number of rotatable bonds is 6. The van der Waals surface area contributed by atoms with E-state index in [9.17, 15) is 4.79 Å². The molecular weight excluding hydrogens is 490 g/mol. The minimum Gasteiger partial charge on any atom is -0.493 e. The number of pyridine rings is 1. The highest BCUT2D eigenvalue weighted by Crippen LogP contribution is 2.35. The van der Waals surface area contributed by atoms with Crippen molar-refractivity contribution >= 4 is 23.4 Å². The number of aromatic nitrogens is 3. The van der Waals surface area contributed by atoms with Gasteiger partial charge in [0.05, 0.1) is 6.61 Å². The van der Waals surface area contributed by atoms with E-state index in [0.29, 0.717) is 25.0 Å². The first-order chi connectivity index (χ1) is 18.8. The van der Waals surface area contributed by atoms with Gasteiger partial charge in [0.15, 0.2) is 5.65 Å². The predicted molar refractivity (Wildman–Crippen MR) is 152 cm³/mol. The van der Waals surface area contributed by atoms with Crippen molar-refractivity contribution in [2.24, 2.45) is 5.92 Å². The van der Waals surface area contributed by atoms with Crippen LogP contribution in [0.1, 0.15) is 44.7 Å². The Balaban J connectivity index is 1.20. The highest BCUT2D eigenvalue weighted by Gasteiger charge is 2.25. The van der Waals surface area contributed by atoms with Crippen LogP contribution in [0.25, 0.3) is 16.8 Å². The number of benzene rings is 2. The van der Waals surface area contributed by atoms with E-state index in [0.717, 1.165) is 47.7 Å². The summed E-state index contributed by atoms with van der Waals surface area (Å²) in [6, 6.07) is 18.5. The molecule has 6 rings (SSSR count). The maximum absolute atomic E-state index is 12.6. The number of anilines is 2. The zero-order valence-electron chi connectivity index (χ0n) is 22.8. The van der Waals surface area contributed by atoms with Crippen LogP contribution in [0.3, 0.4) is 0 Å². The fraction of sp³-hybridized carbons (Fsp3) is 0.387. The normalized spacial score (nSPS) is 15.5. The molecule has 2 aliphatic rings. The van der Waals surface area contributed by atoms with E-state index in [4.69, 9.17) is 19.6 Å². The number of carbonyl (C=O) groups excluding carboxylic acids is 1. The van der Waals surface area contributed by atoms with Crippen LogP contribution in [0.2, 0.25) is 0 Å². The van der Waals surface area contributed by atoms with Crippen molar-refractivity contribution in [2.45, 2.75) is 52.1 Å². The van der Waals surface area contributed by atoms with Crippen molar-refractivity contribution in [1.29, 1.82) is 0 Å². The molecule has 1 aliphatic heterocycles. The highest BCUT2D eigenvalue weighted by molar-refractivity contribution is 5.82. The number of nitrogens with zero attached hydrogens (tertiary/aromatic N) is 4. The summed E-state index contributed by atoms with van der Waals surface area (Å²) in [6.45, 7) is 7.72. The Morgan fingerprint density at radius 3 is 2.56 bits per heavy atom. The summed E-state index contributed by atoms with van der Waals surface area (Å²) in [5.41, 5.74) is 5.66. The van der Waals surface area contributed by atoms with E-state index < -0.39 is 5.60 Å². The summed E-state index contributed by atoms with van der Waals surface area (Å²) in [5.74, 6) is 2.09. The third-order valence-electron chi connectivity index (χ3n) is 7.13. The summed E-state index contributed by atoms with van der Waals surface area (Å²) in [7, 11) is 0. The van der Waals surface area contributed by atoms with Gasteiger partial charge in [-0.2, -0.15) is 4.98 Å². The fourth-order valence-electron chi connectivity index (χ4n) is 4.92. The summed E-state index contributed by atoms with van der Waals surface area (Å²) < 4.78 is 13.6. The summed E-state index contributed by atoms with van der Waals surface area (Å²) >= 11 is 0. The van der Waals surface area contributed by atoms with Crippen molar-refractivity contribution in [3.05, 3.63) is 71.9 Å². The number of hydrogen-bond acceptors (Lipinski definition) is 6. The maximum Gasteiger partial charge on any atom is 0.410 e. The number of hydrogen-bond donors (Lipinski definition) is 1. The lowest BCUT2D eigenvalue weighted by molar-refractivity contribution is 0.0258. The standard InChI is InChI=1S/C31H35N5O3/c1-31(2,3)39-30(37)35-17-14-22-12-13-24(19-23(22)15-18-35)32-29-33-28-26(8-6-16-36(28)34-29)25-7-4-5-9-27(25)38-20-21-10-11-21/h4-9,12-13,16,19,21H,10-11,14-15,17-18,20H2,1-3H3,(H,32,34). The summed E-state index contributed by atoms with van der Waals surface area (Å²) in [5, 5.41) is 8.08. The van der Waals surface area contributed by atoms with E-state index in [1.165, 1.54) is 24.0 Å². The molecule has 1 aliphatic carbocycles. The van der Waals surface area contributed by atoms with Gasteiger partial charge in [0, 0.05) is 36.1 Å². The molecule has 1 fully saturated rings. The van der Waals surface area contributed by atoms with Gasteiger partial charge in [-0.25, -0.2) is 9.31 Å². The zero-order chi connectivity index (χ0) is 27.0. The van der Waals surface area contributed by atoms with Gasteiger partial charge in [0.2, 0.25) is 5.95 Å². The third-order valence-corrected chi connectivity index (χ3v) is 7.13. The molecule has 0 unspecified atom stereocenters. The molecule has 2 aromatic carbocycles. The average Bonchev–Trinajstić information content (AvgIpc) is 3.68. The molecule has 0 bridgehead atoms. The van der Waals surface area contributed by atoms with Crippen LogP contribution in [-0.4, -0.2) is 50.9 Å². The number of ether oxygens (including phenoxy) is 2. The Hall–Kier alpha value is -4.07. The largest absolute Gasteiger partial charge is 0.493 e. The minimum atomic E-state index is -0.500. The second-order valence-electron chi connectivity index (χ2n) is 11.5. The Bertz CT molecular complexity index is 1500. The molecule has 0 atom stereocenters. The third kappa shape index (κ3) is 5.85. The van der Waals surface area contributed by atoms with Crippen molar-refractivity contribution in [2.75, 3.05) is 25.0 Å². The second-order valence-corrected chi connectivity index (χ2v) is 11.5. The lowest BCUT2D eigenvalue weighted by atomic mass is 10.0. The van der Waals surface area contributed by atoms with Gasteiger partial charge >= 0.3 is 6.09 Å². The zero-order valence-corrected chi connectivity index (χ0v) is 22.8. The van der Waals surface area contributed by atoms with Crippen LogP contribution in [0.4, 0.5) is 16.4 Å². The lowest BCUT2D eigenvalue weighted by Gasteiger charge is -2.26. The number of amides is 1. The number of fused-ring (bicyclic) bond motifs is 2. The van der Waals surface area contributed by atoms with Crippen LogP contribution in [0, 0.1) is 5.92 Å². The molecule has 8 nitrogen and oxygen atoms in total. The van der Waals surface area contributed by atoms with Crippen molar-refractivity contribution in [1.82, 2.24) is 19.5 Å². The molecule has 39 heavy (non-hydrogen) atoms. The predicted octanol–water partition coefficient (Wildman–Crippen LogP) is 6.26. The van der Waals surface area contributed by atoms with Crippen LogP contribution >= 0.6 is 0 Å². The maximum atomic E-state index is 12.6. The van der Waals surface area contributed by atoms with Gasteiger partial charge in [-0.1, -0.05) is 24.3 Å². The Kier molecular flexibility index (Phi) is 6.62. The first-order valence-corrected chi connectivity index (χ1v) is 13.8. The van der Waals surface area contributed by atoms with E-state index in [2.05, 4.69) is 35.6 Å². The van der Waals surface area contributed by atoms with Gasteiger partial charge in [0.1, 0.15) is 11.4 Å². The second kappa shape index (κ2) is 10.2. The monoisotopic (exact) mass is 525 g/mol. The molecule has 0 saturated heterocycles. The summed E-state index contributed by atoms with van der Waals surface area (Å²) in [4.78, 5) is 19.2. The van der Waals surface area contributed by atoms with Crippen molar-refractivity contribution < 1.29 is 14.3 Å². The Morgan fingerprint density at radius 1 is 1.00 bits per heavy atom. The molecule has 202 valence electrons. The first-order valence-electron chi connectivity index (χ1n) is 13.8. The van der Waals surface area contributed by atoms with Gasteiger partial charge in [-0.3, -0.25) is 0 Å². The van der Waals surface area contributed by atoms with Crippen LogP contribution in [-0.2, 0) is 17.6 Å². The van der Waals surface area contributed by atoms with Crippen LogP contribution in [0.5, 0.6) is 5.75 Å². The molecule has 3 heterocycles. The highest BCUT2D eigenvalue weighted by atomic mass is 16.6. The fourth-order valence-corrected chi connectivity index (χ4v) is 4.92. The first kappa shape index (κ1) is 25.2. The van der Waals surface area contributed by atoms with E-state index in [1.807, 2.05) is 51.2 Å². The molecule has 4 aromatic rings. The molecule has 1 amide bonds. The van der Waals surface area contributed by atoms with E-state index in [-0.39, 0.29) is 6.09 Å². The quantitative estimate of drug-likeness (QED) is 0.320. The van der Waals surface area contributed by atoms with Crippen LogP contribution < -0.4 is 10.1 Å². The number of nitrogens with one attached hydrogen (secondary N) is 1. The Morgan fingerprint density at radius 2 is 1.77 bits per heavy atom. The molecular formula is C31H35N5O3. The molecule has 2 aromatic heterocycles. The summed E-state index contributed by atoms with van der Waals surface area (Å²) in [6.07, 6.45) is 5.73.